The monoisotopic (exact) mass is 265 g/mol. The third kappa shape index (κ3) is 2.62. The summed E-state index contributed by atoms with van der Waals surface area (Å²) in [4.78, 5) is 11.6. The lowest BCUT2D eigenvalue weighted by atomic mass is 10.1. The van der Waals surface area contributed by atoms with Gasteiger partial charge in [0.25, 0.3) is 5.56 Å². The summed E-state index contributed by atoms with van der Waals surface area (Å²) >= 11 is 6.10. The number of nitrogens with zero attached hydrogens (tertiary/aromatic N) is 1. The van der Waals surface area contributed by atoms with E-state index in [1.807, 2.05) is 6.92 Å². The molecule has 0 radical (unpaired) electrons. The van der Waals surface area contributed by atoms with Crippen LogP contribution < -0.4 is 5.56 Å². The highest BCUT2D eigenvalue weighted by Crippen LogP contribution is 2.21. The van der Waals surface area contributed by atoms with Crippen LogP contribution in [0.2, 0.25) is 5.02 Å². The van der Waals surface area contributed by atoms with Crippen molar-refractivity contribution in [3.05, 3.63) is 68.8 Å². The van der Waals surface area contributed by atoms with Gasteiger partial charge in [-0.1, -0.05) is 24.6 Å². The van der Waals surface area contributed by atoms with Gasteiger partial charge in [-0.15, -0.1) is 0 Å². The molecule has 0 atom stereocenters. The summed E-state index contributed by atoms with van der Waals surface area (Å²) < 4.78 is 15.2. The lowest BCUT2D eigenvalue weighted by Gasteiger charge is -2.09. The summed E-state index contributed by atoms with van der Waals surface area (Å²) in [6, 6.07) is 7.92. The second-order valence-electron chi connectivity index (χ2n) is 4.06. The molecule has 4 heteroatoms. The van der Waals surface area contributed by atoms with Gasteiger partial charge in [-0.2, -0.15) is 0 Å². The molecular formula is C14H13ClFNO. The molecule has 18 heavy (non-hydrogen) atoms. The van der Waals surface area contributed by atoms with Crippen LogP contribution in [0, 0.1) is 5.82 Å². The molecule has 1 heterocycles. The molecular weight excluding hydrogens is 253 g/mol. The predicted molar refractivity (Wildman–Crippen MR) is 70.6 cm³/mol. The van der Waals surface area contributed by atoms with Gasteiger partial charge >= 0.3 is 0 Å². The van der Waals surface area contributed by atoms with Crippen LogP contribution in [0.5, 0.6) is 0 Å². The zero-order valence-electron chi connectivity index (χ0n) is 9.99. The van der Waals surface area contributed by atoms with E-state index >= 15 is 0 Å². The van der Waals surface area contributed by atoms with E-state index in [0.717, 1.165) is 0 Å². The molecule has 0 unspecified atom stereocenters. The van der Waals surface area contributed by atoms with Crippen molar-refractivity contribution in [2.45, 2.75) is 19.9 Å². The average molecular weight is 266 g/mol. The number of halogens is 2. The first-order valence-corrected chi connectivity index (χ1v) is 6.12. The maximum atomic E-state index is 13.7. The van der Waals surface area contributed by atoms with Gasteiger partial charge in [-0.3, -0.25) is 4.79 Å². The number of hydrogen-bond donors (Lipinski definition) is 0. The van der Waals surface area contributed by atoms with Crippen LogP contribution in [0.25, 0.3) is 0 Å². The van der Waals surface area contributed by atoms with Gasteiger partial charge in [0, 0.05) is 17.3 Å². The van der Waals surface area contributed by atoms with Crippen LogP contribution in [-0.2, 0) is 13.0 Å². The lowest BCUT2D eigenvalue weighted by molar-refractivity contribution is 0.607. The smallest absolute Gasteiger partial charge is 0.250 e. The molecule has 2 nitrogen and oxygen atoms in total. The molecule has 0 aliphatic carbocycles. The maximum absolute atomic E-state index is 13.7. The Balaban J connectivity index is 2.39. The van der Waals surface area contributed by atoms with E-state index in [9.17, 15) is 9.18 Å². The molecule has 1 aromatic heterocycles. The molecule has 0 N–H and O–H groups in total. The van der Waals surface area contributed by atoms with E-state index in [4.69, 9.17) is 11.6 Å². The van der Waals surface area contributed by atoms with Crippen LogP contribution in [0.4, 0.5) is 4.39 Å². The molecule has 2 rings (SSSR count). The summed E-state index contributed by atoms with van der Waals surface area (Å²) in [6.45, 7) is 2.15. The number of aromatic nitrogens is 1. The third-order valence-corrected chi connectivity index (χ3v) is 3.19. The summed E-state index contributed by atoms with van der Waals surface area (Å²) in [5.74, 6) is -0.277. The van der Waals surface area contributed by atoms with Gasteiger partial charge in [0.1, 0.15) is 5.82 Å². The summed E-state index contributed by atoms with van der Waals surface area (Å²) in [7, 11) is 0. The Morgan fingerprint density at radius 3 is 2.72 bits per heavy atom. The Morgan fingerprint density at radius 2 is 2.06 bits per heavy atom. The van der Waals surface area contributed by atoms with E-state index in [0.29, 0.717) is 22.6 Å². The van der Waals surface area contributed by atoms with Gasteiger partial charge in [-0.05, 0) is 35.7 Å². The molecule has 0 saturated heterocycles. The fourth-order valence-corrected chi connectivity index (χ4v) is 2.04. The van der Waals surface area contributed by atoms with Crippen LogP contribution in [0.15, 0.2) is 41.3 Å². The molecule has 94 valence electrons. The van der Waals surface area contributed by atoms with Gasteiger partial charge in [0.05, 0.1) is 6.54 Å². The largest absolute Gasteiger partial charge is 0.311 e. The number of rotatable bonds is 3. The predicted octanol–water partition coefficient (Wildman–Crippen LogP) is 3.25. The van der Waals surface area contributed by atoms with E-state index in [1.165, 1.54) is 16.7 Å². The van der Waals surface area contributed by atoms with E-state index < -0.39 is 0 Å². The van der Waals surface area contributed by atoms with Crippen LogP contribution >= 0.6 is 11.6 Å². The maximum Gasteiger partial charge on any atom is 0.250 e. The van der Waals surface area contributed by atoms with Gasteiger partial charge in [0.2, 0.25) is 0 Å². The second-order valence-corrected chi connectivity index (χ2v) is 4.46. The third-order valence-electron chi connectivity index (χ3n) is 2.84. The van der Waals surface area contributed by atoms with Crippen molar-refractivity contribution in [1.29, 1.82) is 0 Å². The number of hydrogen-bond acceptors (Lipinski definition) is 1. The van der Waals surface area contributed by atoms with Crippen LogP contribution in [0.3, 0.4) is 0 Å². The zero-order chi connectivity index (χ0) is 13.1. The molecule has 1 aromatic carbocycles. The Bertz CT molecular complexity index is 621. The lowest BCUT2D eigenvalue weighted by Crippen LogP contribution is -2.18. The average Bonchev–Trinajstić information content (AvgIpc) is 2.36. The van der Waals surface area contributed by atoms with E-state index in [-0.39, 0.29) is 17.9 Å². The first-order valence-electron chi connectivity index (χ1n) is 5.74. The molecule has 0 bridgehead atoms. The summed E-state index contributed by atoms with van der Waals surface area (Å²) in [5.41, 5.74) is 1.07. The van der Waals surface area contributed by atoms with E-state index in [1.54, 1.807) is 24.4 Å². The number of aryl methyl sites for hydroxylation is 1. The van der Waals surface area contributed by atoms with Gasteiger partial charge < -0.3 is 4.57 Å². The van der Waals surface area contributed by atoms with Crippen molar-refractivity contribution in [2.75, 3.05) is 0 Å². The molecule has 2 aromatic rings. The number of benzene rings is 1. The normalized spacial score (nSPS) is 10.6. The van der Waals surface area contributed by atoms with Crippen molar-refractivity contribution in [1.82, 2.24) is 4.57 Å². The SMILES string of the molecule is CCc1cc(Cl)c(Cn2ccccc2=O)cc1F. The Kier molecular flexibility index (Phi) is 3.82. The molecule has 0 saturated carbocycles. The molecule has 0 fully saturated rings. The molecule has 0 amide bonds. The minimum atomic E-state index is -0.277. The van der Waals surface area contributed by atoms with Crippen LogP contribution in [0.1, 0.15) is 18.1 Å². The quantitative estimate of drug-likeness (QED) is 0.835. The highest BCUT2D eigenvalue weighted by molar-refractivity contribution is 6.31. The summed E-state index contributed by atoms with van der Waals surface area (Å²) in [6.07, 6.45) is 2.25. The Morgan fingerprint density at radius 1 is 1.28 bits per heavy atom. The molecule has 0 aliphatic rings. The number of pyridine rings is 1. The molecule has 0 aliphatic heterocycles. The van der Waals surface area contributed by atoms with Crippen LogP contribution in [-0.4, -0.2) is 4.57 Å². The highest BCUT2D eigenvalue weighted by Gasteiger charge is 2.08. The van der Waals surface area contributed by atoms with Gasteiger partial charge in [0.15, 0.2) is 0 Å². The van der Waals surface area contributed by atoms with Gasteiger partial charge in [-0.25, -0.2) is 4.39 Å². The van der Waals surface area contributed by atoms with Crippen molar-refractivity contribution < 1.29 is 4.39 Å². The minimum Gasteiger partial charge on any atom is -0.311 e. The van der Waals surface area contributed by atoms with Crippen molar-refractivity contribution >= 4 is 11.6 Å². The minimum absolute atomic E-state index is 0.131. The standard InChI is InChI=1S/C14H13ClFNO/c1-2-10-7-12(15)11(8-13(10)16)9-17-6-4-3-5-14(17)18/h3-8H,2,9H2,1H3. The topological polar surface area (TPSA) is 22.0 Å². The Hall–Kier alpha value is -1.61. The fraction of sp³-hybridized carbons (Fsp3) is 0.214. The summed E-state index contributed by atoms with van der Waals surface area (Å²) in [5, 5.41) is 0.490. The van der Waals surface area contributed by atoms with Crippen molar-refractivity contribution in [3.63, 3.8) is 0 Å². The van der Waals surface area contributed by atoms with Crippen molar-refractivity contribution in [2.24, 2.45) is 0 Å². The molecule has 0 spiro atoms. The zero-order valence-corrected chi connectivity index (χ0v) is 10.7. The Labute approximate surface area is 110 Å². The van der Waals surface area contributed by atoms with E-state index in [2.05, 4.69) is 0 Å². The fourth-order valence-electron chi connectivity index (χ4n) is 1.80. The first-order chi connectivity index (χ1) is 8.61. The first kappa shape index (κ1) is 12.8. The second kappa shape index (κ2) is 5.36. The highest BCUT2D eigenvalue weighted by atomic mass is 35.5. The van der Waals surface area contributed by atoms with Crippen molar-refractivity contribution in [3.8, 4) is 0 Å².